The van der Waals surface area contributed by atoms with Crippen molar-refractivity contribution in [2.75, 3.05) is 12.4 Å². The normalized spacial score (nSPS) is 13.8. The molecule has 0 aliphatic heterocycles. The molecule has 1 saturated carbocycles. The van der Waals surface area contributed by atoms with Crippen LogP contribution in [-0.2, 0) is 16.6 Å². The van der Waals surface area contributed by atoms with Gasteiger partial charge in [0.25, 0.3) is 0 Å². The molecule has 10 heteroatoms. The number of amides is 2. The lowest BCUT2D eigenvalue weighted by molar-refractivity contribution is 0.251. The summed E-state index contributed by atoms with van der Waals surface area (Å²) in [6, 6.07) is 8.70. The maximum absolute atomic E-state index is 12.4. The Bertz CT molecular complexity index is 994. The van der Waals surface area contributed by atoms with Gasteiger partial charge in [0.15, 0.2) is 0 Å². The lowest BCUT2D eigenvalue weighted by Crippen LogP contribution is -2.29. The highest BCUT2D eigenvalue weighted by Crippen LogP contribution is 2.29. The van der Waals surface area contributed by atoms with Gasteiger partial charge in [-0.25, -0.2) is 17.9 Å². The van der Waals surface area contributed by atoms with Gasteiger partial charge in [-0.05, 0) is 48.7 Å². The fourth-order valence-electron chi connectivity index (χ4n) is 2.45. The molecular weight excluding hydrogens is 425 g/mol. The van der Waals surface area contributed by atoms with Crippen LogP contribution in [0.25, 0.3) is 0 Å². The summed E-state index contributed by atoms with van der Waals surface area (Å²) in [5, 5.41) is 6.20. The topological polar surface area (TPSA) is 96.5 Å². The minimum Gasteiger partial charge on any atom is -0.495 e. The number of hydrogen-bond acceptors (Lipinski definition) is 4. The maximum Gasteiger partial charge on any atom is 0.319 e. The van der Waals surface area contributed by atoms with Crippen molar-refractivity contribution in [2.24, 2.45) is 0 Å². The van der Waals surface area contributed by atoms with E-state index in [1.54, 1.807) is 18.2 Å². The first-order chi connectivity index (χ1) is 13.3. The van der Waals surface area contributed by atoms with Crippen molar-refractivity contribution < 1.29 is 17.9 Å². The lowest BCUT2D eigenvalue weighted by atomic mass is 10.2. The molecule has 2 aromatic carbocycles. The third-order valence-corrected chi connectivity index (χ3v) is 6.19. The number of hydrogen-bond donors (Lipinski definition) is 3. The number of methoxy groups -OCH3 is 1. The Labute approximate surface area is 173 Å². The van der Waals surface area contributed by atoms with Crippen molar-refractivity contribution in [3.8, 4) is 5.75 Å². The Hall–Kier alpha value is -2.00. The molecule has 3 rings (SSSR count). The van der Waals surface area contributed by atoms with Gasteiger partial charge in [-0.3, -0.25) is 0 Å². The van der Waals surface area contributed by atoms with Gasteiger partial charge in [0.1, 0.15) is 5.75 Å². The third-order valence-electron chi connectivity index (χ3n) is 4.08. The fraction of sp³-hybridized carbons (Fsp3) is 0.278. The smallest absolute Gasteiger partial charge is 0.319 e. The van der Waals surface area contributed by atoms with E-state index < -0.39 is 16.1 Å². The van der Waals surface area contributed by atoms with Crippen LogP contribution in [0.1, 0.15) is 18.4 Å². The summed E-state index contributed by atoms with van der Waals surface area (Å²) in [4.78, 5) is 12.3. The summed E-state index contributed by atoms with van der Waals surface area (Å²) in [5.41, 5.74) is 0.930. The van der Waals surface area contributed by atoms with Crippen LogP contribution in [0.4, 0.5) is 10.5 Å². The number of anilines is 1. The average Bonchev–Trinajstić information content (AvgIpc) is 3.44. The SMILES string of the molecule is COc1ccc(S(=O)(=O)NC2CC2)cc1NC(=O)NCc1ccc(Cl)cc1Cl. The molecule has 150 valence electrons. The molecule has 0 heterocycles. The molecule has 1 aliphatic carbocycles. The molecule has 1 fully saturated rings. The Morgan fingerprint density at radius 1 is 1.18 bits per heavy atom. The summed E-state index contributed by atoms with van der Waals surface area (Å²) in [5.74, 6) is 0.338. The van der Waals surface area contributed by atoms with Crippen molar-refractivity contribution >= 4 is 44.9 Å². The largest absolute Gasteiger partial charge is 0.495 e. The van der Waals surface area contributed by atoms with Crippen molar-refractivity contribution in [2.45, 2.75) is 30.3 Å². The van der Waals surface area contributed by atoms with E-state index in [0.29, 0.717) is 21.4 Å². The van der Waals surface area contributed by atoms with E-state index in [0.717, 1.165) is 12.8 Å². The van der Waals surface area contributed by atoms with Crippen LogP contribution in [0.15, 0.2) is 41.3 Å². The van der Waals surface area contributed by atoms with E-state index in [4.69, 9.17) is 27.9 Å². The van der Waals surface area contributed by atoms with Gasteiger partial charge >= 0.3 is 6.03 Å². The zero-order chi connectivity index (χ0) is 20.3. The summed E-state index contributed by atoms with van der Waals surface area (Å²) in [6.45, 7) is 0.172. The molecular formula is C18H19Cl2N3O4S. The predicted molar refractivity (Wildman–Crippen MR) is 109 cm³/mol. The van der Waals surface area contributed by atoms with Gasteiger partial charge < -0.3 is 15.4 Å². The van der Waals surface area contributed by atoms with E-state index in [1.165, 1.54) is 25.3 Å². The monoisotopic (exact) mass is 443 g/mol. The molecule has 0 atom stereocenters. The van der Waals surface area contributed by atoms with E-state index in [9.17, 15) is 13.2 Å². The molecule has 0 unspecified atom stereocenters. The molecule has 0 aromatic heterocycles. The molecule has 0 spiro atoms. The van der Waals surface area contributed by atoms with Gasteiger partial charge in [0.05, 0.1) is 17.7 Å². The second-order valence-corrected chi connectivity index (χ2v) is 8.86. The number of ether oxygens (including phenoxy) is 1. The van der Waals surface area contributed by atoms with Crippen LogP contribution in [0.2, 0.25) is 10.0 Å². The van der Waals surface area contributed by atoms with E-state index in [-0.39, 0.29) is 23.2 Å². The van der Waals surface area contributed by atoms with Crippen LogP contribution in [-0.4, -0.2) is 27.6 Å². The molecule has 2 aromatic rings. The third kappa shape index (κ3) is 5.29. The number of benzene rings is 2. The number of rotatable bonds is 7. The molecule has 28 heavy (non-hydrogen) atoms. The van der Waals surface area contributed by atoms with E-state index in [2.05, 4.69) is 15.4 Å². The Kier molecular flexibility index (Phi) is 6.34. The first kappa shape index (κ1) is 20.7. The fourth-order valence-corrected chi connectivity index (χ4v) is 4.25. The van der Waals surface area contributed by atoms with E-state index >= 15 is 0 Å². The molecule has 0 radical (unpaired) electrons. The van der Waals surface area contributed by atoms with Crippen molar-refractivity contribution in [3.05, 3.63) is 52.0 Å². The molecule has 0 saturated heterocycles. The summed E-state index contributed by atoms with van der Waals surface area (Å²) in [6.07, 6.45) is 1.66. The van der Waals surface area contributed by atoms with Crippen LogP contribution in [0.5, 0.6) is 5.75 Å². The standard InChI is InChI=1S/C18H19Cl2N3O4S/c1-27-17-7-6-14(28(25,26)23-13-4-5-13)9-16(17)22-18(24)21-10-11-2-3-12(19)8-15(11)20/h2-3,6-9,13,23H,4-5,10H2,1H3,(H2,21,22,24). The van der Waals surface area contributed by atoms with Crippen LogP contribution < -0.4 is 20.1 Å². The minimum atomic E-state index is -3.65. The highest BCUT2D eigenvalue weighted by Gasteiger charge is 2.28. The zero-order valence-electron chi connectivity index (χ0n) is 15.0. The molecule has 0 bridgehead atoms. The molecule has 1 aliphatic rings. The molecule has 3 N–H and O–H groups in total. The molecule has 2 amide bonds. The summed E-state index contributed by atoms with van der Waals surface area (Å²) in [7, 11) is -2.22. The second kappa shape index (κ2) is 8.57. The van der Waals surface area contributed by atoms with Crippen LogP contribution >= 0.6 is 23.2 Å². The molecule has 7 nitrogen and oxygen atoms in total. The van der Waals surface area contributed by atoms with Crippen LogP contribution in [0.3, 0.4) is 0 Å². The van der Waals surface area contributed by atoms with Gasteiger partial charge in [-0.15, -0.1) is 0 Å². The van der Waals surface area contributed by atoms with Gasteiger partial charge in [-0.2, -0.15) is 0 Å². The number of carbonyl (C=O) groups is 1. The van der Waals surface area contributed by atoms with Gasteiger partial charge in [-0.1, -0.05) is 29.3 Å². The van der Waals surface area contributed by atoms with Crippen molar-refractivity contribution in [1.82, 2.24) is 10.0 Å². The minimum absolute atomic E-state index is 0.0177. The summed E-state index contributed by atoms with van der Waals surface area (Å²) < 4.78 is 32.6. The van der Waals surface area contributed by atoms with Crippen LogP contribution in [0, 0.1) is 0 Å². The first-order valence-electron chi connectivity index (χ1n) is 8.47. The lowest BCUT2D eigenvalue weighted by Gasteiger charge is -2.14. The average molecular weight is 444 g/mol. The maximum atomic E-state index is 12.4. The second-order valence-electron chi connectivity index (χ2n) is 6.30. The highest BCUT2D eigenvalue weighted by atomic mass is 35.5. The number of halogens is 2. The zero-order valence-corrected chi connectivity index (χ0v) is 17.3. The Morgan fingerprint density at radius 3 is 2.57 bits per heavy atom. The van der Waals surface area contributed by atoms with Crippen molar-refractivity contribution in [1.29, 1.82) is 0 Å². The van der Waals surface area contributed by atoms with E-state index in [1.807, 2.05) is 0 Å². The Morgan fingerprint density at radius 2 is 1.93 bits per heavy atom. The number of carbonyl (C=O) groups excluding carboxylic acids is 1. The quantitative estimate of drug-likeness (QED) is 0.606. The first-order valence-corrected chi connectivity index (χ1v) is 10.7. The number of sulfonamides is 1. The predicted octanol–water partition coefficient (Wildman–Crippen LogP) is 3.76. The van der Waals surface area contributed by atoms with Gasteiger partial charge in [0, 0.05) is 22.6 Å². The summed E-state index contributed by atoms with van der Waals surface area (Å²) >= 11 is 11.9. The highest BCUT2D eigenvalue weighted by molar-refractivity contribution is 7.89. The van der Waals surface area contributed by atoms with Crippen molar-refractivity contribution in [3.63, 3.8) is 0 Å². The number of nitrogens with one attached hydrogen (secondary N) is 3. The van der Waals surface area contributed by atoms with Gasteiger partial charge in [0.2, 0.25) is 10.0 Å². The number of urea groups is 1. The Balaban J connectivity index is 1.71.